The second kappa shape index (κ2) is 7.44. The molecule has 0 aliphatic rings. The molecule has 2 N–H and O–H groups in total. The van der Waals surface area contributed by atoms with Crippen molar-refractivity contribution in [3.8, 4) is 5.75 Å². The van der Waals surface area contributed by atoms with E-state index in [1.54, 1.807) is 0 Å². The molecule has 0 aliphatic carbocycles. The minimum atomic E-state index is -0.546. The number of benzene rings is 1. The number of hydrogen-bond donors (Lipinski definition) is 2. The molecule has 0 saturated carbocycles. The first-order valence-electron chi connectivity index (χ1n) is 6.24. The first-order chi connectivity index (χ1) is 9.49. The van der Waals surface area contributed by atoms with E-state index in [1.807, 2.05) is 14.0 Å². The summed E-state index contributed by atoms with van der Waals surface area (Å²) >= 11 is 0. The smallest absolute Gasteiger partial charge is 0.310 e. The molecule has 1 amide bonds. The van der Waals surface area contributed by atoms with E-state index < -0.39 is 4.92 Å². The number of ether oxygens (including phenoxy) is 1. The lowest BCUT2D eigenvalue weighted by molar-refractivity contribution is -0.385. The van der Waals surface area contributed by atoms with Crippen molar-refractivity contribution in [2.45, 2.75) is 6.92 Å². The molecule has 110 valence electrons. The van der Waals surface area contributed by atoms with Gasteiger partial charge in [0.05, 0.1) is 12.0 Å². The number of methoxy groups -OCH3 is 1. The average Bonchev–Trinajstić information content (AvgIpc) is 2.44. The number of nitrogens with zero attached hydrogens (tertiary/aromatic N) is 1. The Morgan fingerprint density at radius 3 is 2.70 bits per heavy atom. The first kappa shape index (κ1) is 15.9. The summed E-state index contributed by atoms with van der Waals surface area (Å²) in [4.78, 5) is 22.2. The molecular weight excluding hydrogens is 262 g/mol. The fourth-order valence-electron chi connectivity index (χ4n) is 1.76. The molecule has 1 unspecified atom stereocenters. The van der Waals surface area contributed by atoms with Crippen LogP contribution in [0.25, 0.3) is 0 Å². The van der Waals surface area contributed by atoms with Crippen LogP contribution in [0.1, 0.15) is 17.3 Å². The quantitative estimate of drug-likeness (QED) is 0.578. The minimum Gasteiger partial charge on any atom is -0.490 e. The summed E-state index contributed by atoms with van der Waals surface area (Å²) in [5.74, 6) is 0.0935. The Kier molecular flexibility index (Phi) is 5.92. The van der Waals surface area contributed by atoms with Crippen molar-refractivity contribution in [3.05, 3.63) is 33.9 Å². The van der Waals surface area contributed by atoms with Crippen molar-refractivity contribution < 1.29 is 14.5 Å². The Balaban J connectivity index is 2.76. The van der Waals surface area contributed by atoms with Crippen LogP contribution in [0.3, 0.4) is 0 Å². The van der Waals surface area contributed by atoms with E-state index in [0.29, 0.717) is 18.0 Å². The lowest BCUT2D eigenvalue weighted by Crippen LogP contribution is -2.32. The molecule has 20 heavy (non-hydrogen) atoms. The number of hydrogen-bond acceptors (Lipinski definition) is 5. The Labute approximate surface area is 117 Å². The van der Waals surface area contributed by atoms with Crippen LogP contribution >= 0.6 is 0 Å². The largest absolute Gasteiger partial charge is 0.490 e. The molecule has 1 atom stereocenters. The number of rotatable bonds is 7. The first-order valence-corrected chi connectivity index (χ1v) is 6.24. The predicted octanol–water partition coefficient (Wildman–Crippen LogP) is 1.19. The maximum atomic E-state index is 11.9. The zero-order valence-corrected chi connectivity index (χ0v) is 11.8. The van der Waals surface area contributed by atoms with Crippen LogP contribution < -0.4 is 15.4 Å². The number of nitro groups is 1. The van der Waals surface area contributed by atoms with Gasteiger partial charge >= 0.3 is 5.69 Å². The molecule has 0 fully saturated rings. The highest BCUT2D eigenvalue weighted by Crippen LogP contribution is 2.27. The topological polar surface area (TPSA) is 93.5 Å². The van der Waals surface area contributed by atoms with Gasteiger partial charge in [0.25, 0.3) is 5.91 Å². The van der Waals surface area contributed by atoms with Gasteiger partial charge in [-0.25, -0.2) is 0 Å². The molecule has 7 nitrogen and oxygen atoms in total. The maximum absolute atomic E-state index is 11.9. The van der Waals surface area contributed by atoms with E-state index >= 15 is 0 Å². The van der Waals surface area contributed by atoms with Gasteiger partial charge in [-0.15, -0.1) is 0 Å². The second-order valence-electron chi connectivity index (χ2n) is 4.52. The van der Waals surface area contributed by atoms with Gasteiger partial charge in [0.2, 0.25) is 0 Å². The second-order valence-corrected chi connectivity index (χ2v) is 4.52. The van der Waals surface area contributed by atoms with Crippen molar-refractivity contribution in [3.63, 3.8) is 0 Å². The summed E-state index contributed by atoms with van der Waals surface area (Å²) in [7, 11) is 3.18. The lowest BCUT2D eigenvalue weighted by atomic mass is 10.1. The van der Waals surface area contributed by atoms with E-state index in [9.17, 15) is 14.9 Å². The molecule has 1 rings (SSSR count). The molecule has 1 aromatic carbocycles. The molecule has 0 spiro atoms. The Bertz CT molecular complexity index is 491. The van der Waals surface area contributed by atoms with Crippen molar-refractivity contribution >= 4 is 11.6 Å². The minimum absolute atomic E-state index is 0.0749. The molecule has 0 heterocycles. The Morgan fingerprint density at radius 1 is 1.45 bits per heavy atom. The van der Waals surface area contributed by atoms with E-state index in [4.69, 9.17) is 4.74 Å². The number of nitro benzene ring substituents is 1. The summed E-state index contributed by atoms with van der Waals surface area (Å²) in [5.41, 5.74) is 0.178. The van der Waals surface area contributed by atoms with Crippen molar-refractivity contribution in [1.82, 2.24) is 10.6 Å². The summed E-state index contributed by atoms with van der Waals surface area (Å²) in [5, 5.41) is 16.6. The standard InChI is InChI=1S/C13H19N3O4/c1-9(7-14-2)8-15-13(17)10-4-5-11(16(18)19)12(6-10)20-3/h4-6,9,14H,7-8H2,1-3H3,(H,15,17). The van der Waals surface area contributed by atoms with Crippen LogP contribution in [0.15, 0.2) is 18.2 Å². The summed E-state index contributed by atoms with van der Waals surface area (Å²) < 4.78 is 4.93. The van der Waals surface area contributed by atoms with Crippen LogP contribution in [0, 0.1) is 16.0 Å². The van der Waals surface area contributed by atoms with Crippen LogP contribution in [0.4, 0.5) is 5.69 Å². The maximum Gasteiger partial charge on any atom is 0.310 e. The average molecular weight is 281 g/mol. The van der Waals surface area contributed by atoms with E-state index in [-0.39, 0.29) is 17.3 Å². The van der Waals surface area contributed by atoms with Gasteiger partial charge in [0.1, 0.15) is 0 Å². The van der Waals surface area contributed by atoms with Crippen LogP contribution in [0.5, 0.6) is 5.75 Å². The zero-order chi connectivity index (χ0) is 15.1. The highest BCUT2D eigenvalue weighted by atomic mass is 16.6. The summed E-state index contributed by atoms with van der Waals surface area (Å²) in [6.45, 7) is 3.33. The SMILES string of the molecule is CNCC(C)CNC(=O)c1ccc([N+](=O)[O-])c(OC)c1. The number of amides is 1. The number of nitrogens with one attached hydrogen (secondary N) is 2. The fraction of sp³-hybridized carbons (Fsp3) is 0.462. The third-order valence-electron chi connectivity index (χ3n) is 2.80. The van der Waals surface area contributed by atoms with E-state index in [2.05, 4.69) is 10.6 Å². The molecule has 0 aliphatic heterocycles. The molecule has 0 saturated heterocycles. The lowest BCUT2D eigenvalue weighted by Gasteiger charge is -2.12. The van der Waals surface area contributed by atoms with Crippen LogP contribution in [-0.2, 0) is 0 Å². The third-order valence-corrected chi connectivity index (χ3v) is 2.80. The normalized spacial score (nSPS) is 11.8. The van der Waals surface area contributed by atoms with Gasteiger partial charge in [-0.05, 0) is 25.6 Å². The number of carbonyl (C=O) groups is 1. The molecule has 1 aromatic rings. The van der Waals surface area contributed by atoms with Crippen molar-refractivity contribution in [1.29, 1.82) is 0 Å². The van der Waals surface area contributed by atoms with Gasteiger partial charge in [0.15, 0.2) is 5.75 Å². The van der Waals surface area contributed by atoms with Crippen LogP contribution in [0.2, 0.25) is 0 Å². The molecule has 7 heteroatoms. The van der Waals surface area contributed by atoms with Crippen molar-refractivity contribution in [2.75, 3.05) is 27.2 Å². The fourth-order valence-corrected chi connectivity index (χ4v) is 1.76. The van der Waals surface area contributed by atoms with Gasteiger partial charge in [-0.1, -0.05) is 6.92 Å². The Hall–Kier alpha value is -2.15. The molecule has 0 radical (unpaired) electrons. The summed E-state index contributed by atoms with van der Waals surface area (Å²) in [6, 6.07) is 4.06. The van der Waals surface area contributed by atoms with E-state index in [1.165, 1.54) is 25.3 Å². The van der Waals surface area contributed by atoms with Crippen molar-refractivity contribution in [2.24, 2.45) is 5.92 Å². The van der Waals surface area contributed by atoms with Crippen LogP contribution in [-0.4, -0.2) is 38.1 Å². The molecular formula is C13H19N3O4. The van der Waals surface area contributed by atoms with E-state index in [0.717, 1.165) is 6.54 Å². The highest BCUT2D eigenvalue weighted by Gasteiger charge is 2.17. The summed E-state index contributed by atoms with van der Waals surface area (Å²) in [6.07, 6.45) is 0. The molecule has 0 bridgehead atoms. The highest BCUT2D eigenvalue weighted by molar-refractivity contribution is 5.95. The third kappa shape index (κ3) is 4.20. The van der Waals surface area contributed by atoms with Gasteiger partial charge in [-0.3, -0.25) is 14.9 Å². The van der Waals surface area contributed by atoms with Gasteiger partial charge < -0.3 is 15.4 Å². The molecule has 0 aromatic heterocycles. The zero-order valence-electron chi connectivity index (χ0n) is 11.8. The van der Waals surface area contributed by atoms with Gasteiger partial charge in [-0.2, -0.15) is 0 Å². The number of carbonyl (C=O) groups excluding carboxylic acids is 1. The monoisotopic (exact) mass is 281 g/mol. The van der Waals surface area contributed by atoms with Gasteiger partial charge in [0, 0.05) is 24.2 Å². The Morgan fingerprint density at radius 2 is 2.15 bits per heavy atom. The predicted molar refractivity (Wildman–Crippen MR) is 75.1 cm³/mol.